The van der Waals surface area contributed by atoms with Gasteiger partial charge in [-0.2, -0.15) is 5.26 Å². The van der Waals surface area contributed by atoms with E-state index in [9.17, 15) is 14.6 Å². The van der Waals surface area contributed by atoms with Gasteiger partial charge in [0.05, 0.1) is 11.6 Å². The van der Waals surface area contributed by atoms with Gasteiger partial charge in [-0.1, -0.05) is 13.8 Å². The first-order valence-corrected chi connectivity index (χ1v) is 5.13. The van der Waals surface area contributed by atoms with Crippen LogP contribution in [-0.2, 0) is 0 Å². The average molecular weight is 238 g/mol. The van der Waals surface area contributed by atoms with Crippen molar-refractivity contribution in [2.45, 2.75) is 19.9 Å². The van der Waals surface area contributed by atoms with Crippen LogP contribution < -0.4 is 5.73 Å². The molecule has 1 rings (SSSR count). The molecular weight excluding hydrogens is 223 g/mol. The van der Waals surface area contributed by atoms with Crippen molar-refractivity contribution < 1.29 is 14.6 Å². The lowest BCUT2D eigenvalue weighted by Crippen LogP contribution is -2.33. The van der Waals surface area contributed by atoms with Crippen LogP contribution in [0.3, 0.4) is 0 Å². The van der Waals surface area contributed by atoms with E-state index >= 15 is 0 Å². The lowest BCUT2D eigenvalue weighted by atomic mass is 9.80. The standard InChI is InChI=1S/C12H15FN2O2/c1-12(2,6-16)11(15)9-7(5-14)3-4-8(13)10(9)17/h3-4,11,16-17H,6,15H2,1-2H3/t11-/m1/s1. The largest absolute Gasteiger partial charge is 0.505 e. The molecule has 1 atom stereocenters. The number of nitrogens with zero attached hydrogens (tertiary/aromatic N) is 1. The van der Waals surface area contributed by atoms with E-state index in [-0.39, 0.29) is 17.7 Å². The van der Waals surface area contributed by atoms with Gasteiger partial charge in [0.25, 0.3) is 0 Å². The van der Waals surface area contributed by atoms with Gasteiger partial charge in [-0.3, -0.25) is 0 Å². The number of aromatic hydroxyl groups is 1. The number of phenols is 1. The Labute approximate surface area is 99.1 Å². The van der Waals surface area contributed by atoms with Gasteiger partial charge in [-0.25, -0.2) is 4.39 Å². The monoisotopic (exact) mass is 238 g/mol. The van der Waals surface area contributed by atoms with Crippen molar-refractivity contribution >= 4 is 0 Å². The normalized spacial score (nSPS) is 13.2. The van der Waals surface area contributed by atoms with Gasteiger partial charge in [0.15, 0.2) is 11.6 Å². The van der Waals surface area contributed by atoms with Gasteiger partial charge in [0.1, 0.15) is 0 Å². The van der Waals surface area contributed by atoms with Crippen molar-refractivity contribution in [3.8, 4) is 11.8 Å². The summed E-state index contributed by atoms with van der Waals surface area (Å²) in [6.45, 7) is 3.10. The number of halogens is 1. The highest BCUT2D eigenvalue weighted by molar-refractivity contribution is 5.49. The number of hydrogen-bond acceptors (Lipinski definition) is 4. The molecule has 4 nitrogen and oxygen atoms in total. The van der Waals surface area contributed by atoms with E-state index < -0.39 is 23.0 Å². The van der Waals surface area contributed by atoms with E-state index in [1.54, 1.807) is 13.8 Å². The van der Waals surface area contributed by atoms with E-state index in [0.29, 0.717) is 0 Å². The lowest BCUT2D eigenvalue weighted by Gasteiger charge is -2.30. The molecule has 0 unspecified atom stereocenters. The number of nitriles is 1. The van der Waals surface area contributed by atoms with Crippen molar-refractivity contribution in [2.75, 3.05) is 6.61 Å². The van der Waals surface area contributed by atoms with E-state index in [0.717, 1.165) is 6.07 Å². The fourth-order valence-corrected chi connectivity index (χ4v) is 1.48. The summed E-state index contributed by atoms with van der Waals surface area (Å²) in [5.41, 5.74) is 5.27. The number of nitrogens with two attached hydrogens (primary N) is 1. The molecule has 4 N–H and O–H groups in total. The number of phenolic OH excluding ortho intramolecular Hbond substituents is 1. The summed E-state index contributed by atoms with van der Waals surface area (Å²) in [5.74, 6) is -1.46. The number of hydrogen-bond donors (Lipinski definition) is 3. The second-order valence-electron chi connectivity index (χ2n) is 4.59. The molecule has 0 saturated carbocycles. The smallest absolute Gasteiger partial charge is 0.165 e. The molecule has 0 radical (unpaired) electrons. The minimum Gasteiger partial charge on any atom is -0.505 e. The first-order valence-electron chi connectivity index (χ1n) is 5.13. The molecule has 0 fully saturated rings. The molecule has 0 amide bonds. The summed E-state index contributed by atoms with van der Waals surface area (Å²) in [6, 6.07) is 3.29. The van der Waals surface area contributed by atoms with Crippen LogP contribution in [0, 0.1) is 22.6 Å². The Morgan fingerprint density at radius 1 is 1.53 bits per heavy atom. The van der Waals surface area contributed by atoms with E-state index in [4.69, 9.17) is 11.0 Å². The molecule has 0 aliphatic carbocycles. The van der Waals surface area contributed by atoms with Crippen LogP contribution >= 0.6 is 0 Å². The Hall–Kier alpha value is -1.64. The maximum absolute atomic E-state index is 13.3. The topological polar surface area (TPSA) is 90.3 Å². The van der Waals surface area contributed by atoms with Crippen LogP contribution in [0.5, 0.6) is 5.75 Å². The highest BCUT2D eigenvalue weighted by atomic mass is 19.1. The minimum absolute atomic E-state index is 0.0338. The zero-order valence-electron chi connectivity index (χ0n) is 9.74. The highest BCUT2D eigenvalue weighted by Gasteiger charge is 2.31. The van der Waals surface area contributed by atoms with Gasteiger partial charge in [0, 0.05) is 23.6 Å². The Morgan fingerprint density at radius 3 is 2.59 bits per heavy atom. The van der Waals surface area contributed by atoms with E-state index in [1.807, 2.05) is 6.07 Å². The first kappa shape index (κ1) is 13.4. The predicted molar refractivity (Wildman–Crippen MR) is 60.6 cm³/mol. The molecular formula is C12H15FN2O2. The molecule has 0 bridgehead atoms. The molecule has 0 spiro atoms. The SMILES string of the molecule is CC(C)(CO)[C@H](N)c1c(C#N)ccc(F)c1O. The highest BCUT2D eigenvalue weighted by Crippen LogP contribution is 2.38. The van der Waals surface area contributed by atoms with Crippen LogP contribution in [-0.4, -0.2) is 16.8 Å². The van der Waals surface area contributed by atoms with Crippen molar-refractivity contribution in [1.82, 2.24) is 0 Å². The summed E-state index contributed by atoms with van der Waals surface area (Å²) in [7, 11) is 0. The lowest BCUT2D eigenvalue weighted by molar-refractivity contribution is 0.131. The molecule has 0 heterocycles. The minimum atomic E-state index is -0.835. The van der Waals surface area contributed by atoms with Crippen LogP contribution in [0.2, 0.25) is 0 Å². The second-order valence-corrected chi connectivity index (χ2v) is 4.59. The summed E-state index contributed by atoms with van der Waals surface area (Å²) in [4.78, 5) is 0. The third kappa shape index (κ3) is 2.38. The maximum atomic E-state index is 13.3. The molecule has 5 heteroatoms. The average Bonchev–Trinajstić information content (AvgIpc) is 2.31. The molecule has 0 saturated heterocycles. The molecule has 0 aromatic heterocycles. The Balaban J connectivity index is 3.40. The quantitative estimate of drug-likeness (QED) is 0.742. The van der Waals surface area contributed by atoms with Crippen molar-refractivity contribution in [2.24, 2.45) is 11.1 Å². The predicted octanol–water partition coefficient (Wildman–Crippen LogP) is 1.42. The van der Waals surface area contributed by atoms with Crippen molar-refractivity contribution in [1.29, 1.82) is 5.26 Å². The molecule has 1 aromatic rings. The van der Waals surface area contributed by atoms with Crippen LogP contribution in [0.1, 0.15) is 31.0 Å². The van der Waals surface area contributed by atoms with Gasteiger partial charge in [-0.15, -0.1) is 0 Å². The third-order valence-electron chi connectivity index (χ3n) is 2.85. The van der Waals surface area contributed by atoms with Gasteiger partial charge < -0.3 is 15.9 Å². The molecule has 0 aliphatic rings. The van der Waals surface area contributed by atoms with Crippen molar-refractivity contribution in [3.05, 3.63) is 29.1 Å². The summed E-state index contributed by atoms with van der Waals surface area (Å²) < 4.78 is 13.3. The van der Waals surface area contributed by atoms with E-state index in [2.05, 4.69) is 0 Å². The Kier molecular flexibility index (Phi) is 3.71. The van der Waals surface area contributed by atoms with Crippen LogP contribution in [0.25, 0.3) is 0 Å². The summed E-state index contributed by atoms with van der Waals surface area (Å²) in [6.07, 6.45) is 0. The number of rotatable bonds is 3. The Morgan fingerprint density at radius 2 is 2.12 bits per heavy atom. The number of aliphatic hydroxyl groups excluding tert-OH is 1. The first-order chi connectivity index (χ1) is 7.85. The second kappa shape index (κ2) is 4.70. The molecule has 1 aromatic carbocycles. The summed E-state index contributed by atoms with van der Waals surface area (Å²) in [5, 5.41) is 27.8. The molecule has 92 valence electrons. The van der Waals surface area contributed by atoms with Gasteiger partial charge >= 0.3 is 0 Å². The van der Waals surface area contributed by atoms with E-state index in [1.165, 1.54) is 6.07 Å². The van der Waals surface area contributed by atoms with Gasteiger partial charge in [0.2, 0.25) is 0 Å². The number of aliphatic hydroxyl groups is 1. The molecule has 17 heavy (non-hydrogen) atoms. The fraction of sp³-hybridized carbons (Fsp3) is 0.417. The zero-order chi connectivity index (χ0) is 13.2. The number of benzene rings is 1. The van der Waals surface area contributed by atoms with Crippen molar-refractivity contribution in [3.63, 3.8) is 0 Å². The van der Waals surface area contributed by atoms with Crippen LogP contribution in [0.4, 0.5) is 4.39 Å². The Bertz CT molecular complexity index is 466. The fourth-order valence-electron chi connectivity index (χ4n) is 1.48. The third-order valence-corrected chi connectivity index (χ3v) is 2.85. The van der Waals surface area contributed by atoms with Crippen LogP contribution in [0.15, 0.2) is 12.1 Å². The zero-order valence-corrected chi connectivity index (χ0v) is 9.74. The van der Waals surface area contributed by atoms with Gasteiger partial charge in [-0.05, 0) is 12.1 Å². The summed E-state index contributed by atoms with van der Waals surface area (Å²) >= 11 is 0. The maximum Gasteiger partial charge on any atom is 0.165 e. The molecule has 0 aliphatic heterocycles.